The van der Waals surface area contributed by atoms with E-state index in [9.17, 15) is 0 Å². The van der Waals surface area contributed by atoms with Crippen molar-refractivity contribution in [3.8, 4) is 11.1 Å². The molecule has 2 aromatic carbocycles. The minimum absolute atomic E-state index is 1.00. The van der Waals surface area contributed by atoms with Gasteiger partial charge in [0.15, 0.2) is 0 Å². The summed E-state index contributed by atoms with van der Waals surface area (Å²) in [4.78, 5) is 0. The summed E-state index contributed by atoms with van der Waals surface area (Å²) in [5, 5.41) is 0. The molecule has 0 spiro atoms. The van der Waals surface area contributed by atoms with Gasteiger partial charge in [-0.15, -0.1) is 0 Å². The molecular weight excluding hydrogens is 187 g/mol. The summed E-state index contributed by atoms with van der Waals surface area (Å²) in [7, 11) is 0. The maximum atomic E-state index is 9.04. The standard InChI is InChI=1S/C12H9.Al.H2O.H/c1-3-7-11(8-4-1)12-9-5-2-6-10-12;;;/h1,3-10H;;1H2;/q;+1;;/p-1. The van der Waals surface area contributed by atoms with Crippen LogP contribution in [0.4, 0.5) is 0 Å². The monoisotopic (exact) mass is 198 g/mol. The van der Waals surface area contributed by atoms with E-state index >= 15 is 0 Å². The van der Waals surface area contributed by atoms with E-state index < -0.39 is 15.6 Å². The van der Waals surface area contributed by atoms with Crippen LogP contribution in [-0.2, 0) is 0 Å². The van der Waals surface area contributed by atoms with E-state index in [1.165, 1.54) is 11.1 Å². The van der Waals surface area contributed by atoms with Crippen LogP contribution >= 0.6 is 0 Å². The van der Waals surface area contributed by atoms with Gasteiger partial charge in [0.1, 0.15) is 0 Å². The van der Waals surface area contributed by atoms with Crippen LogP contribution in [0.5, 0.6) is 0 Å². The number of benzene rings is 2. The first-order valence-electron chi connectivity index (χ1n) is 4.65. The SMILES string of the molecule is [OH][AlH][c]1ccc(-c2ccccc2)cc1. The smallest absolute Gasteiger partial charge is 0.474 e. The first-order chi connectivity index (χ1) is 6.90. The van der Waals surface area contributed by atoms with Crippen molar-refractivity contribution in [2.24, 2.45) is 0 Å². The number of rotatable bonds is 2. The molecule has 0 saturated heterocycles. The van der Waals surface area contributed by atoms with E-state index in [1.807, 2.05) is 30.3 Å². The zero-order chi connectivity index (χ0) is 9.80. The van der Waals surface area contributed by atoms with Crippen LogP contribution in [0.1, 0.15) is 0 Å². The highest BCUT2D eigenvalue weighted by molar-refractivity contribution is 6.45. The summed E-state index contributed by atoms with van der Waals surface area (Å²) in [6.07, 6.45) is 0. The zero-order valence-corrected chi connectivity index (χ0v) is 9.26. The predicted octanol–water partition coefficient (Wildman–Crippen LogP) is 1.32. The first-order valence-corrected chi connectivity index (χ1v) is 5.99. The van der Waals surface area contributed by atoms with Gasteiger partial charge in [0.25, 0.3) is 0 Å². The number of hydrogen-bond acceptors (Lipinski definition) is 1. The predicted molar refractivity (Wildman–Crippen MR) is 60.9 cm³/mol. The Morgan fingerprint density at radius 2 is 1.29 bits per heavy atom. The van der Waals surface area contributed by atoms with Crippen molar-refractivity contribution >= 4 is 20.0 Å². The van der Waals surface area contributed by atoms with Gasteiger partial charge in [0, 0.05) is 0 Å². The van der Waals surface area contributed by atoms with Gasteiger partial charge in [-0.2, -0.15) is 0 Å². The Morgan fingerprint density at radius 1 is 0.714 bits per heavy atom. The Labute approximate surface area is 90.1 Å². The minimum Gasteiger partial charge on any atom is -0.515 e. The van der Waals surface area contributed by atoms with E-state index in [2.05, 4.69) is 24.3 Å². The molecule has 68 valence electrons. The molecule has 0 aliphatic heterocycles. The van der Waals surface area contributed by atoms with Crippen molar-refractivity contribution in [1.29, 1.82) is 0 Å². The molecule has 0 amide bonds. The van der Waals surface area contributed by atoms with E-state index in [4.69, 9.17) is 4.16 Å². The van der Waals surface area contributed by atoms with Gasteiger partial charge in [0.2, 0.25) is 0 Å². The van der Waals surface area contributed by atoms with Crippen molar-refractivity contribution < 1.29 is 4.16 Å². The average Bonchev–Trinajstić information content (AvgIpc) is 2.30. The molecular formula is C12H11AlO. The lowest BCUT2D eigenvalue weighted by Gasteiger charge is -2.01. The van der Waals surface area contributed by atoms with Crippen LogP contribution in [0.25, 0.3) is 11.1 Å². The molecule has 1 nitrogen and oxygen atoms in total. The molecule has 0 aromatic heterocycles. The van der Waals surface area contributed by atoms with Crippen LogP contribution in [-0.4, -0.2) is 19.7 Å². The van der Waals surface area contributed by atoms with Gasteiger partial charge in [-0.1, -0.05) is 59.0 Å². The summed E-state index contributed by atoms with van der Waals surface area (Å²) in [5.41, 5.74) is 2.43. The summed E-state index contributed by atoms with van der Waals surface area (Å²) < 4.78 is 10.1. The Bertz CT molecular complexity index is 394. The fourth-order valence-electron chi connectivity index (χ4n) is 1.43. The maximum absolute atomic E-state index is 9.04. The van der Waals surface area contributed by atoms with Gasteiger partial charge in [-0.25, -0.2) is 0 Å². The molecule has 1 N–H and O–H groups in total. The van der Waals surface area contributed by atoms with Crippen LogP contribution in [0.3, 0.4) is 0 Å². The molecule has 0 atom stereocenters. The lowest BCUT2D eigenvalue weighted by Crippen LogP contribution is -2.11. The molecule has 0 aliphatic rings. The summed E-state index contributed by atoms with van der Waals surface area (Å²) >= 11 is -1.00. The van der Waals surface area contributed by atoms with E-state index in [-0.39, 0.29) is 0 Å². The minimum atomic E-state index is -1.00. The summed E-state index contributed by atoms with van der Waals surface area (Å²) in [6.45, 7) is 0. The second-order valence-corrected chi connectivity index (χ2v) is 4.35. The highest BCUT2D eigenvalue weighted by Crippen LogP contribution is 2.16. The van der Waals surface area contributed by atoms with Gasteiger partial charge in [-0.3, -0.25) is 0 Å². The molecule has 2 aromatic rings. The van der Waals surface area contributed by atoms with Gasteiger partial charge >= 0.3 is 15.6 Å². The molecule has 0 aliphatic carbocycles. The fraction of sp³-hybridized carbons (Fsp3) is 0. The molecule has 0 bridgehead atoms. The summed E-state index contributed by atoms with van der Waals surface area (Å²) in [5.74, 6) is 0. The maximum Gasteiger partial charge on any atom is 0.474 e. The molecule has 14 heavy (non-hydrogen) atoms. The third-order valence-electron chi connectivity index (χ3n) is 2.24. The zero-order valence-electron chi connectivity index (χ0n) is 7.85. The van der Waals surface area contributed by atoms with Crippen LogP contribution in [0.2, 0.25) is 0 Å². The van der Waals surface area contributed by atoms with Gasteiger partial charge in [0.05, 0.1) is 0 Å². The Hall–Kier alpha value is -1.07. The second-order valence-electron chi connectivity index (χ2n) is 3.22. The highest BCUT2D eigenvalue weighted by atomic mass is 27.1. The summed E-state index contributed by atoms with van der Waals surface area (Å²) in [6, 6.07) is 18.4. The Morgan fingerprint density at radius 3 is 1.86 bits per heavy atom. The number of hydrogen-bond donors (Lipinski definition) is 1. The quantitative estimate of drug-likeness (QED) is 0.721. The van der Waals surface area contributed by atoms with Gasteiger partial charge in [-0.05, 0) is 11.1 Å². The third-order valence-corrected chi connectivity index (χ3v) is 3.08. The van der Waals surface area contributed by atoms with Gasteiger partial charge < -0.3 is 4.16 Å². The van der Waals surface area contributed by atoms with Crippen molar-refractivity contribution in [3.63, 3.8) is 0 Å². The Balaban J connectivity index is 2.34. The first kappa shape index (κ1) is 9.49. The average molecular weight is 198 g/mol. The fourth-order valence-corrected chi connectivity index (χ4v) is 1.88. The van der Waals surface area contributed by atoms with E-state index in [0.717, 1.165) is 4.43 Å². The molecule has 0 radical (unpaired) electrons. The Kier molecular flexibility index (Phi) is 3.00. The van der Waals surface area contributed by atoms with Crippen molar-refractivity contribution in [1.82, 2.24) is 0 Å². The lowest BCUT2D eigenvalue weighted by atomic mass is 10.1. The molecule has 2 rings (SSSR count). The van der Waals surface area contributed by atoms with Crippen molar-refractivity contribution in [2.45, 2.75) is 0 Å². The lowest BCUT2D eigenvalue weighted by molar-refractivity contribution is 0.615. The van der Waals surface area contributed by atoms with Crippen LogP contribution in [0, 0.1) is 0 Å². The van der Waals surface area contributed by atoms with Crippen molar-refractivity contribution in [2.75, 3.05) is 0 Å². The molecule has 2 heteroatoms. The molecule has 0 fully saturated rings. The largest absolute Gasteiger partial charge is 0.515 e. The van der Waals surface area contributed by atoms with Crippen LogP contribution in [0.15, 0.2) is 54.6 Å². The highest BCUT2D eigenvalue weighted by Gasteiger charge is 1.97. The van der Waals surface area contributed by atoms with E-state index in [1.54, 1.807) is 0 Å². The molecule has 0 heterocycles. The van der Waals surface area contributed by atoms with E-state index in [0.29, 0.717) is 0 Å². The second kappa shape index (κ2) is 4.43. The van der Waals surface area contributed by atoms with Crippen LogP contribution < -0.4 is 4.43 Å². The topological polar surface area (TPSA) is 20.2 Å². The third kappa shape index (κ3) is 2.05. The molecule has 0 saturated carbocycles. The normalized spacial score (nSPS) is 9.79. The molecule has 0 unspecified atom stereocenters. The van der Waals surface area contributed by atoms with Crippen molar-refractivity contribution in [3.05, 3.63) is 54.6 Å².